The largest absolute Gasteiger partial charge is 0.483 e. The van der Waals surface area contributed by atoms with Gasteiger partial charge in [0.2, 0.25) is 0 Å². The van der Waals surface area contributed by atoms with Gasteiger partial charge >= 0.3 is 0 Å². The van der Waals surface area contributed by atoms with Crippen molar-refractivity contribution in [2.75, 3.05) is 13.2 Å². The van der Waals surface area contributed by atoms with Crippen LogP contribution >= 0.6 is 0 Å². The third-order valence-corrected chi connectivity index (χ3v) is 5.18. The molecule has 162 valence electrons. The monoisotopic (exact) mass is 412 g/mol. The van der Waals surface area contributed by atoms with Crippen LogP contribution in [0.3, 0.4) is 0 Å². The van der Waals surface area contributed by atoms with Crippen LogP contribution in [-0.4, -0.2) is 25.0 Å². The maximum Gasteiger partial charge on any atom is 0.276 e. The molecule has 0 aromatic heterocycles. The highest BCUT2D eigenvalue weighted by Crippen LogP contribution is 2.29. The summed E-state index contributed by atoms with van der Waals surface area (Å²) in [6.07, 6.45) is 1.95. The van der Waals surface area contributed by atoms with Crippen LogP contribution in [0.5, 0.6) is 11.5 Å². The van der Waals surface area contributed by atoms with Gasteiger partial charge < -0.3 is 9.47 Å². The normalized spacial score (nSPS) is 12.5. The summed E-state index contributed by atoms with van der Waals surface area (Å²) < 4.78 is 11.3. The van der Waals surface area contributed by atoms with E-state index in [1.54, 1.807) is 0 Å². The van der Waals surface area contributed by atoms with Crippen molar-refractivity contribution in [1.29, 1.82) is 0 Å². The quantitative estimate of drug-likeness (QED) is 0.570. The van der Waals surface area contributed by atoms with E-state index in [9.17, 15) is 9.59 Å². The standard InChI is InChI=1S/C24H32N2O4/c1-5-17(3)19-11-7-9-13-21(19)29-15-23(27)25-26-24(28)16-30-22-14-10-8-12-20(22)18(4)6-2/h7-14,17-18H,5-6,15-16H2,1-4H3,(H,25,27)(H,26,28). The molecule has 6 heteroatoms. The molecular formula is C24H32N2O4. The second-order valence-corrected chi connectivity index (χ2v) is 7.37. The third kappa shape index (κ3) is 6.79. The SMILES string of the molecule is CCC(C)c1ccccc1OCC(=O)NNC(=O)COc1ccccc1C(C)CC. The molecule has 0 saturated carbocycles. The lowest BCUT2D eigenvalue weighted by Crippen LogP contribution is -2.45. The van der Waals surface area contributed by atoms with Gasteiger partial charge in [-0.25, -0.2) is 0 Å². The van der Waals surface area contributed by atoms with Crippen LogP contribution in [0.25, 0.3) is 0 Å². The molecule has 0 saturated heterocycles. The molecule has 2 rings (SSSR count). The summed E-state index contributed by atoms with van der Waals surface area (Å²) in [5.41, 5.74) is 6.83. The van der Waals surface area contributed by atoms with Gasteiger partial charge in [0.05, 0.1) is 0 Å². The van der Waals surface area contributed by atoms with E-state index < -0.39 is 11.8 Å². The third-order valence-electron chi connectivity index (χ3n) is 5.18. The number of hydrogen-bond donors (Lipinski definition) is 2. The first kappa shape index (κ1) is 23.3. The van der Waals surface area contributed by atoms with Crippen LogP contribution < -0.4 is 20.3 Å². The molecule has 0 radical (unpaired) electrons. The van der Waals surface area contributed by atoms with Gasteiger partial charge in [-0.05, 0) is 47.9 Å². The molecule has 0 aliphatic heterocycles. The van der Waals surface area contributed by atoms with Crippen molar-refractivity contribution in [3.05, 3.63) is 59.7 Å². The van der Waals surface area contributed by atoms with Gasteiger partial charge in [0, 0.05) is 0 Å². The van der Waals surface area contributed by atoms with Crippen LogP contribution in [0, 0.1) is 0 Å². The minimum atomic E-state index is -0.442. The molecule has 0 bridgehead atoms. The van der Waals surface area contributed by atoms with Gasteiger partial charge in [-0.3, -0.25) is 20.4 Å². The van der Waals surface area contributed by atoms with Crippen molar-refractivity contribution in [3.63, 3.8) is 0 Å². The molecule has 2 N–H and O–H groups in total. The van der Waals surface area contributed by atoms with Crippen molar-refractivity contribution >= 4 is 11.8 Å². The fraction of sp³-hybridized carbons (Fsp3) is 0.417. The van der Waals surface area contributed by atoms with Crippen LogP contribution in [-0.2, 0) is 9.59 Å². The molecule has 30 heavy (non-hydrogen) atoms. The van der Waals surface area contributed by atoms with Crippen LogP contribution in [0.1, 0.15) is 63.5 Å². The average Bonchev–Trinajstić information content (AvgIpc) is 2.79. The summed E-state index contributed by atoms with van der Waals surface area (Å²) in [6, 6.07) is 15.3. The number of carbonyl (C=O) groups is 2. The van der Waals surface area contributed by atoms with E-state index in [-0.39, 0.29) is 13.2 Å². The molecule has 0 heterocycles. The zero-order valence-corrected chi connectivity index (χ0v) is 18.2. The number of hydrogen-bond acceptors (Lipinski definition) is 4. The molecule has 0 aliphatic rings. The average molecular weight is 413 g/mol. The summed E-state index contributed by atoms with van der Waals surface area (Å²) in [7, 11) is 0. The van der Waals surface area contributed by atoms with Crippen molar-refractivity contribution in [3.8, 4) is 11.5 Å². The van der Waals surface area contributed by atoms with Gasteiger partial charge in [0.25, 0.3) is 11.8 Å². The van der Waals surface area contributed by atoms with Gasteiger partial charge in [0.15, 0.2) is 13.2 Å². The molecule has 2 aromatic carbocycles. The minimum absolute atomic E-state index is 0.189. The van der Waals surface area contributed by atoms with E-state index in [0.717, 1.165) is 24.0 Å². The number of hydrazine groups is 1. The predicted molar refractivity (Wildman–Crippen MR) is 118 cm³/mol. The minimum Gasteiger partial charge on any atom is -0.483 e. The highest BCUT2D eigenvalue weighted by molar-refractivity contribution is 5.83. The Kier molecular flexibility index (Phi) is 9.19. The zero-order valence-electron chi connectivity index (χ0n) is 18.2. The first-order valence-corrected chi connectivity index (χ1v) is 10.5. The Morgan fingerprint density at radius 2 is 1.10 bits per heavy atom. The topological polar surface area (TPSA) is 76.7 Å². The molecule has 2 amide bonds. The zero-order chi connectivity index (χ0) is 21.9. The number of carbonyl (C=O) groups excluding carboxylic acids is 2. The molecule has 2 aromatic rings. The van der Waals surface area contributed by atoms with Gasteiger partial charge in [-0.2, -0.15) is 0 Å². The Hall–Kier alpha value is -3.02. The summed E-state index contributed by atoms with van der Waals surface area (Å²) in [5, 5.41) is 0. The Labute approximate surface area is 178 Å². The number of rotatable bonds is 10. The summed E-state index contributed by atoms with van der Waals surface area (Å²) in [4.78, 5) is 24.1. The molecule has 0 aliphatic carbocycles. The highest BCUT2D eigenvalue weighted by atomic mass is 16.5. The Morgan fingerprint density at radius 3 is 1.47 bits per heavy atom. The van der Waals surface area contributed by atoms with E-state index >= 15 is 0 Å². The maximum atomic E-state index is 12.0. The first-order chi connectivity index (χ1) is 14.5. The van der Waals surface area contributed by atoms with E-state index in [2.05, 4.69) is 38.5 Å². The number of ether oxygens (including phenoxy) is 2. The molecule has 6 nitrogen and oxygen atoms in total. The predicted octanol–water partition coefficient (Wildman–Crippen LogP) is 4.32. The Morgan fingerprint density at radius 1 is 0.733 bits per heavy atom. The van der Waals surface area contributed by atoms with E-state index in [1.807, 2.05) is 48.5 Å². The maximum absolute atomic E-state index is 12.0. The number of benzene rings is 2. The fourth-order valence-electron chi connectivity index (χ4n) is 2.98. The van der Waals surface area contributed by atoms with Crippen molar-refractivity contribution in [2.45, 2.75) is 52.4 Å². The lowest BCUT2D eigenvalue weighted by Gasteiger charge is -2.16. The van der Waals surface area contributed by atoms with Gasteiger partial charge in [0.1, 0.15) is 11.5 Å². The lowest BCUT2D eigenvalue weighted by atomic mass is 9.98. The van der Waals surface area contributed by atoms with Crippen LogP contribution in [0.4, 0.5) is 0 Å². The molecular weight excluding hydrogens is 380 g/mol. The number of amides is 2. The van der Waals surface area contributed by atoms with E-state index in [4.69, 9.17) is 9.47 Å². The fourth-order valence-corrected chi connectivity index (χ4v) is 2.98. The Bertz CT molecular complexity index is 768. The summed E-state index contributed by atoms with van der Waals surface area (Å²) in [5.74, 6) is 1.14. The second-order valence-electron chi connectivity index (χ2n) is 7.37. The molecule has 2 unspecified atom stereocenters. The van der Waals surface area contributed by atoms with Crippen LogP contribution in [0.15, 0.2) is 48.5 Å². The first-order valence-electron chi connectivity index (χ1n) is 10.5. The Balaban J connectivity index is 1.79. The molecule has 0 spiro atoms. The summed E-state index contributed by atoms with van der Waals surface area (Å²) in [6.45, 7) is 8.06. The van der Waals surface area contributed by atoms with Gasteiger partial charge in [-0.1, -0.05) is 64.1 Å². The second kappa shape index (κ2) is 11.9. The van der Waals surface area contributed by atoms with Gasteiger partial charge in [-0.15, -0.1) is 0 Å². The van der Waals surface area contributed by atoms with Crippen molar-refractivity contribution < 1.29 is 19.1 Å². The van der Waals surface area contributed by atoms with Crippen molar-refractivity contribution in [2.24, 2.45) is 0 Å². The van der Waals surface area contributed by atoms with E-state index in [0.29, 0.717) is 23.3 Å². The van der Waals surface area contributed by atoms with Crippen molar-refractivity contribution in [1.82, 2.24) is 10.9 Å². The number of nitrogens with one attached hydrogen (secondary N) is 2. The highest BCUT2D eigenvalue weighted by Gasteiger charge is 2.13. The molecule has 2 atom stereocenters. The number of para-hydroxylation sites is 2. The lowest BCUT2D eigenvalue weighted by molar-refractivity contribution is -0.131. The van der Waals surface area contributed by atoms with E-state index in [1.165, 1.54) is 0 Å². The van der Waals surface area contributed by atoms with Crippen LogP contribution in [0.2, 0.25) is 0 Å². The molecule has 0 fully saturated rings. The summed E-state index contributed by atoms with van der Waals surface area (Å²) >= 11 is 0. The smallest absolute Gasteiger partial charge is 0.276 e.